The molecule has 2 aliphatic rings. The molecule has 2 fully saturated rings. The van der Waals surface area contributed by atoms with Crippen LogP contribution >= 0.6 is 0 Å². The van der Waals surface area contributed by atoms with E-state index < -0.39 is 0 Å². The zero-order valence-electron chi connectivity index (χ0n) is 10.0. The first-order valence-corrected chi connectivity index (χ1v) is 6.32. The molecule has 1 aliphatic heterocycles. The third kappa shape index (κ3) is 3.74. The van der Waals surface area contributed by atoms with Crippen LogP contribution in [0.3, 0.4) is 0 Å². The van der Waals surface area contributed by atoms with Gasteiger partial charge in [0.2, 0.25) is 0 Å². The molecule has 0 spiro atoms. The monoisotopic (exact) mass is 212 g/mol. The molecule has 1 N–H and O–H groups in total. The Labute approximate surface area is 93.2 Å². The number of nitrogens with one attached hydrogen (secondary N) is 1. The van der Waals surface area contributed by atoms with Crippen LogP contribution in [0.25, 0.3) is 0 Å². The molecule has 2 unspecified atom stereocenters. The van der Waals surface area contributed by atoms with Gasteiger partial charge in [-0.25, -0.2) is 0 Å². The van der Waals surface area contributed by atoms with Crippen LogP contribution in [-0.4, -0.2) is 49.8 Å². The highest BCUT2D eigenvalue weighted by atomic mass is 16.5. The minimum Gasteiger partial charge on any atom is -0.379 e. The van der Waals surface area contributed by atoms with Gasteiger partial charge in [-0.3, -0.25) is 4.90 Å². The maximum Gasteiger partial charge on any atom is 0.0594 e. The largest absolute Gasteiger partial charge is 0.379 e. The maximum atomic E-state index is 5.35. The molecule has 0 aromatic heterocycles. The Hall–Kier alpha value is -0.120. The van der Waals surface area contributed by atoms with E-state index in [1.54, 1.807) is 0 Å². The van der Waals surface area contributed by atoms with Gasteiger partial charge in [0.05, 0.1) is 13.2 Å². The topological polar surface area (TPSA) is 24.5 Å². The highest BCUT2D eigenvalue weighted by molar-refractivity contribution is 4.85. The SMILES string of the molecule is CC(CN1CCOCC1)NC(C)C1CC1. The van der Waals surface area contributed by atoms with Crippen molar-refractivity contribution in [2.45, 2.75) is 38.8 Å². The van der Waals surface area contributed by atoms with Crippen molar-refractivity contribution in [2.24, 2.45) is 5.92 Å². The lowest BCUT2D eigenvalue weighted by molar-refractivity contribution is 0.0338. The Kier molecular flexibility index (Phi) is 4.00. The van der Waals surface area contributed by atoms with Gasteiger partial charge in [0.1, 0.15) is 0 Å². The van der Waals surface area contributed by atoms with Crippen molar-refractivity contribution in [2.75, 3.05) is 32.8 Å². The number of morpholine rings is 1. The van der Waals surface area contributed by atoms with Gasteiger partial charge in [-0.2, -0.15) is 0 Å². The van der Waals surface area contributed by atoms with Crippen LogP contribution in [0.1, 0.15) is 26.7 Å². The fraction of sp³-hybridized carbons (Fsp3) is 1.00. The van der Waals surface area contributed by atoms with E-state index >= 15 is 0 Å². The van der Waals surface area contributed by atoms with Crippen molar-refractivity contribution in [3.05, 3.63) is 0 Å². The molecule has 0 aromatic rings. The Bertz CT molecular complexity index is 188. The van der Waals surface area contributed by atoms with E-state index in [4.69, 9.17) is 4.74 Å². The maximum absolute atomic E-state index is 5.35. The smallest absolute Gasteiger partial charge is 0.0594 e. The Balaban J connectivity index is 1.63. The summed E-state index contributed by atoms with van der Waals surface area (Å²) in [5, 5.41) is 3.71. The van der Waals surface area contributed by atoms with Crippen molar-refractivity contribution in [3.8, 4) is 0 Å². The lowest BCUT2D eigenvalue weighted by Crippen LogP contribution is -2.47. The quantitative estimate of drug-likeness (QED) is 0.738. The third-order valence-electron chi connectivity index (χ3n) is 3.51. The summed E-state index contributed by atoms with van der Waals surface area (Å²) in [6.07, 6.45) is 2.86. The van der Waals surface area contributed by atoms with Gasteiger partial charge in [0.15, 0.2) is 0 Å². The van der Waals surface area contributed by atoms with E-state index in [2.05, 4.69) is 24.1 Å². The summed E-state index contributed by atoms with van der Waals surface area (Å²) in [4.78, 5) is 2.50. The van der Waals surface area contributed by atoms with E-state index in [1.165, 1.54) is 19.4 Å². The predicted molar refractivity (Wildman–Crippen MR) is 62.0 cm³/mol. The third-order valence-corrected chi connectivity index (χ3v) is 3.51. The molecule has 88 valence electrons. The molecule has 15 heavy (non-hydrogen) atoms. The van der Waals surface area contributed by atoms with E-state index in [0.717, 1.165) is 32.2 Å². The Morgan fingerprint density at radius 2 is 1.93 bits per heavy atom. The van der Waals surface area contributed by atoms with Gasteiger partial charge in [0.25, 0.3) is 0 Å². The van der Waals surface area contributed by atoms with Crippen molar-refractivity contribution in [1.29, 1.82) is 0 Å². The van der Waals surface area contributed by atoms with Gasteiger partial charge in [0, 0.05) is 31.7 Å². The minimum atomic E-state index is 0.610. The normalized spacial score (nSPS) is 27.6. The summed E-state index contributed by atoms with van der Waals surface area (Å²) in [5.74, 6) is 0.956. The standard InChI is InChI=1S/C12H24N2O/c1-10(13-11(2)12-3-4-12)9-14-5-7-15-8-6-14/h10-13H,3-9H2,1-2H3. The first kappa shape index (κ1) is 11.4. The van der Waals surface area contributed by atoms with E-state index in [9.17, 15) is 0 Å². The molecule has 1 aliphatic carbocycles. The summed E-state index contributed by atoms with van der Waals surface area (Å²) < 4.78 is 5.35. The second kappa shape index (κ2) is 5.28. The van der Waals surface area contributed by atoms with Gasteiger partial charge in [-0.1, -0.05) is 0 Å². The molecule has 2 atom stereocenters. The minimum absolute atomic E-state index is 0.610. The number of hydrogen-bond acceptors (Lipinski definition) is 3. The van der Waals surface area contributed by atoms with Crippen molar-refractivity contribution >= 4 is 0 Å². The number of hydrogen-bond donors (Lipinski definition) is 1. The van der Waals surface area contributed by atoms with Crippen LogP contribution in [0, 0.1) is 5.92 Å². The molecular formula is C12H24N2O. The Morgan fingerprint density at radius 1 is 1.27 bits per heavy atom. The zero-order valence-corrected chi connectivity index (χ0v) is 10.0. The summed E-state index contributed by atoms with van der Waals surface area (Å²) in [6, 6.07) is 1.32. The molecule has 0 aromatic carbocycles. The summed E-state index contributed by atoms with van der Waals surface area (Å²) >= 11 is 0. The average Bonchev–Trinajstić information content (AvgIpc) is 3.01. The van der Waals surface area contributed by atoms with Gasteiger partial charge in [-0.05, 0) is 32.6 Å². The molecule has 2 rings (SSSR count). The van der Waals surface area contributed by atoms with Crippen molar-refractivity contribution in [1.82, 2.24) is 10.2 Å². The molecule has 0 bridgehead atoms. The zero-order chi connectivity index (χ0) is 10.7. The predicted octanol–water partition coefficient (Wildman–Crippen LogP) is 1.10. The lowest BCUT2D eigenvalue weighted by Gasteiger charge is -2.30. The molecule has 0 radical (unpaired) electrons. The summed E-state index contributed by atoms with van der Waals surface area (Å²) in [5.41, 5.74) is 0. The van der Waals surface area contributed by atoms with Crippen LogP contribution in [0.2, 0.25) is 0 Å². The van der Waals surface area contributed by atoms with E-state index in [-0.39, 0.29) is 0 Å². The van der Waals surface area contributed by atoms with Gasteiger partial charge >= 0.3 is 0 Å². The second-order valence-corrected chi connectivity index (χ2v) is 5.11. The van der Waals surface area contributed by atoms with E-state index in [0.29, 0.717) is 12.1 Å². The van der Waals surface area contributed by atoms with E-state index in [1.807, 2.05) is 0 Å². The van der Waals surface area contributed by atoms with Gasteiger partial charge in [-0.15, -0.1) is 0 Å². The fourth-order valence-corrected chi connectivity index (χ4v) is 2.40. The molecule has 1 saturated heterocycles. The molecule has 1 heterocycles. The lowest BCUT2D eigenvalue weighted by atomic mass is 10.2. The first-order chi connectivity index (χ1) is 7.25. The summed E-state index contributed by atoms with van der Waals surface area (Å²) in [6.45, 7) is 9.81. The molecular weight excluding hydrogens is 188 g/mol. The van der Waals surface area contributed by atoms with Crippen LogP contribution in [-0.2, 0) is 4.74 Å². The molecule has 1 saturated carbocycles. The number of nitrogens with zero attached hydrogens (tertiary/aromatic N) is 1. The summed E-state index contributed by atoms with van der Waals surface area (Å²) in [7, 11) is 0. The number of ether oxygens (including phenoxy) is 1. The highest BCUT2D eigenvalue weighted by Gasteiger charge is 2.28. The van der Waals surface area contributed by atoms with Crippen LogP contribution in [0.5, 0.6) is 0 Å². The van der Waals surface area contributed by atoms with Crippen LogP contribution < -0.4 is 5.32 Å². The van der Waals surface area contributed by atoms with Gasteiger partial charge < -0.3 is 10.1 Å². The highest BCUT2D eigenvalue weighted by Crippen LogP contribution is 2.32. The Morgan fingerprint density at radius 3 is 2.53 bits per heavy atom. The molecule has 3 heteroatoms. The average molecular weight is 212 g/mol. The van der Waals surface area contributed by atoms with Crippen LogP contribution in [0.4, 0.5) is 0 Å². The molecule has 0 amide bonds. The van der Waals surface area contributed by atoms with Crippen LogP contribution in [0.15, 0.2) is 0 Å². The second-order valence-electron chi connectivity index (χ2n) is 5.11. The van der Waals surface area contributed by atoms with Crippen molar-refractivity contribution in [3.63, 3.8) is 0 Å². The molecule has 3 nitrogen and oxygen atoms in total. The fourth-order valence-electron chi connectivity index (χ4n) is 2.40. The number of rotatable bonds is 5. The first-order valence-electron chi connectivity index (χ1n) is 6.32. The van der Waals surface area contributed by atoms with Crippen molar-refractivity contribution < 1.29 is 4.74 Å².